The molecular formula is C13H18FNO2. The number of hydrogen-bond acceptors (Lipinski definition) is 3. The highest BCUT2D eigenvalue weighted by Crippen LogP contribution is 2.26. The van der Waals surface area contributed by atoms with Crippen LogP contribution in [0.3, 0.4) is 0 Å². The van der Waals surface area contributed by atoms with Crippen LogP contribution < -0.4 is 4.74 Å². The lowest BCUT2D eigenvalue weighted by molar-refractivity contribution is 0.0678. The molecule has 0 aromatic heterocycles. The van der Waals surface area contributed by atoms with E-state index in [2.05, 4.69) is 4.90 Å². The average Bonchev–Trinajstić information content (AvgIpc) is 2.58. The van der Waals surface area contributed by atoms with Gasteiger partial charge in [-0.2, -0.15) is 0 Å². The molecule has 0 saturated carbocycles. The first-order valence-corrected chi connectivity index (χ1v) is 5.77. The third-order valence-corrected chi connectivity index (χ3v) is 3.17. The molecule has 94 valence electrons. The van der Waals surface area contributed by atoms with E-state index in [1.54, 1.807) is 13.2 Å². The number of hydrogen-bond donors (Lipinski definition) is 1. The van der Waals surface area contributed by atoms with Crippen LogP contribution >= 0.6 is 0 Å². The van der Waals surface area contributed by atoms with Crippen molar-refractivity contribution in [2.24, 2.45) is 0 Å². The minimum absolute atomic E-state index is 0.258. The van der Waals surface area contributed by atoms with Crippen LogP contribution in [0.25, 0.3) is 0 Å². The molecule has 2 rings (SSSR count). The standard InChI is InChI=1S/C13H18FNO2/c1-13(16)5-6-15(9-13)8-10-7-11(14)3-4-12(10)17-2/h3-4,7,16H,5-6,8-9H2,1-2H3. The lowest BCUT2D eigenvalue weighted by Crippen LogP contribution is -2.29. The van der Waals surface area contributed by atoms with E-state index in [-0.39, 0.29) is 5.82 Å². The normalized spacial score (nSPS) is 25.2. The number of ether oxygens (including phenoxy) is 1. The van der Waals surface area contributed by atoms with Crippen molar-refractivity contribution in [3.8, 4) is 5.75 Å². The number of aliphatic hydroxyl groups is 1. The Bertz CT molecular complexity index is 406. The molecule has 1 unspecified atom stereocenters. The van der Waals surface area contributed by atoms with E-state index in [1.807, 2.05) is 6.92 Å². The molecule has 1 fully saturated rings. The van der Waals surface area contributed by atoms with Gasteiger partial charge in [0.05, 0.1) is 12.7 Å². The van der Waals surface area contributed by atoms with Crippen LogP contribution in [0.5, 0.6) is 5.75 Å². The molecule has 1 aromatic carbocycles. The van der Waals surface area contributed by atoms with Crippen molar-refractivity contribution in [1.29, 1.82) is 0 Å². The van der Waals surface area contributed by atoms with Crippen molar-refractivity contribution < 1.29 is 14.2 Å². The van der Waals surface area contributed by atoms with E-state index in [1.165, 1.54) is 12.1 Å². The predicted octanol–water partition coefficient (Wildman–Crippen LogP) is 1.79. The number of halogens is 1. The summed E-state index contributed by atoms with van der Waals surface area (Å²) in [6, 6.07) is 4.52. The zero-order valence-corrected chi connectivity index (χ0v) is 10.2. The molecule has 1 aromatic rings. The summed E-state index contributed by atoms with van der Waals surface area (Å²) < 4.78 is 18.4. The van der Waals surface area contributed by atoms with Crippen LogP contribution in [0.1, 0.15) is 18.9 Å². The Morgan fingerprint density at radius 1 is 1.53 bits per heavy atom. The minimum Gasteiger partial charge on any atom is -0.496 e. The van der Waals surface area contributed by atoms with Gasteiger partial charge in [0.15, 0.2) is 0 Å². The first kappa shape index (κ1) is 12.3. The third kappa shape index (κ3) is 2.96. The van der Waals surface area contributed by atoms with Gasteiger partial charge in [0, 0.05) is 25.2 Å². The molecule has 17 heavy (non-hydrogen) atoms. The number of methoxy groups -OCH3 is 1. The summed E-state index contributed by atoms with van der Waals surface area (Å²) in [5.74, 6) is 0.435. The Labute approximate surface area is 101 Å². The maximum absolute atomic E-state index is 13.2. The summed E-state index contributed by atoms with van der Waals surface area (Å²) in [6.07, 6.45) is 0.755. The molecule has 1 heterocycles. The Balaban J connectivity index is 2.11. The van der Waals surface area contributed by atoms with Gasteiger partial charge >= 0.3 is 0 Å². The number of β-amino-alcohol motifs (C(OH)–C–C–N with tert-alkyl or cyclic N) is 1. The van der Waals surface area contributed by atoms with Crippen molar-refractivity contribution >= 4 is 0 Å². The highest BCUT2D eigenvalue weighted by atomic mass is 19.1. The third-order valence-electron chi connectivity index (χ3n) is 3.17. The van der Waals surface area contributed by atoms with E-state index in [0.29, 0.717) is 18.8 Å². The maximum atomic E-state index is 13.2. The first-order chi connectivity index (χ1) is 8.00. The van der Waals surface area contributed by atoms with Gasteiger partial charge in [0.2, 0.25) is 0 Å². The van der Waals surface area contributed by atoms with Gasteiger partial charge in [-0.1, -0.05) is 0 Å². The van der Waals surface area contributed by atoms with Crippen molar-refractivity contribution in [2.75, 3.05) is 20.2 Å². The summed E-state index contributed by atoms with van der Waals surface area (Å²) in [4.78, 5) is 2.11. The molecule has 1 aliphatic heterocycles. The van der Waals surface area contributed by atoms with Crippen LogP contribution in [0, 0.1) is 5.82 Å². The Morgan fingerprint density at radius 3 is 2.88 bits per heavy atom. The van der Waals surface area contributed by atoms with Gasteiger partial charge in [-0.3, -0.25) is 4.90 Å². The lowest BCUT2D eigenvalue weighted by atomic mass is 10.1. The van der Waals surface area contributed by atoms with Crippen LogP contribution in [0.4, 0.5) is 4.39 Å². The van der Waals surface area contributed by atoms with E-state index in [4.69, 9.17) is 4.74 Å². The molecular weight excluding hydrogens is 221 g/mol. The van der Waals surface area contributed by atoms with Gasteiger partial charge in [-0.25, -0.2) is 4.39 Å². The largest absolute Gasteiger partial charge is 0.496 e. The van der Waals surface area contributed by atoms with Gasteiger partial charge in [-0.15, -0.1) is 0 Å². The Morgan fingerprint density at radius 2 is 2.29 bits per heavy atom. The number of benzene rings is 1. The van der Waals surface area contributed by atoms with Crippen LogP contribution in [0.2, 0.25) is 0 Å². The molecule has 1 atom stereocenters. The summed E-state index contributed by atoms with van der Waals surface area (Å²) in [5, 5.41) is 9.88. The molecule has 0 radical (unpaired) electrons. The molecule has 1 aliphatic rings. The van der Waals surface area contributed by atoms with Crippen LogP contribution in [0.15, 0.2) is 18.2 Å². The molecule has 4 heteroatoms. The monoisotopic (exact) mass is 239 g/mol. The van der Waals surface area contributed by atoms with Crippen molar-refractivity contribution in [2.45, 2.75) is 25.5 Å². The molecule has 1 saturated heterocycles. The van der Waals surface area contributed by atoms with E-state index < -0.39 is 5.60 Å². The van der Waals surface area contributed by atoms with E-state index in [9.17, 15) is 9.50 Å². The topological polar surface area (TPSA) is 32.7 Å². The fourth-order valence-electron chi connectivity index (χ4n) is 2.29. The smallest absolute Gasteiger partial charge is 0.123 e. The summed E-state index contributed by atoms with van der Waals surface area (Å²) >= 11 is 0. The van der Waals surface area contributed by atoms with Gasteiger partial charge < -0.3 is 9.84 Å². The second kappa shape index (κ2) is 4.63. The first-order valence-electron chi connectivity index (χ1n) is 5.77. The second-order valence-corrected chi connectivity index (χ2v) is 4.91. The number of rotatable bonds is 3. The van der Waals surface area contributed by atoms with Crippen molar-refractivity contribution in [3.63, 3.8) is 0 Å². The summed E-state index contributed by atoms with van der Waals surface area (Å²) in [7, 11) is 1.58. The molecule has 3 nitrogen and oxygen atoms in total. The van der Waals surface area contributed by atoms with Gasteiger partial charge in [0.25, 0.3) is 0 Å². The minimum atomic E-state index is -0.624. The molecule has 0 aliphatic carbocycles. The van der Waals surface area contributed by atoms with Crippen molar-refractivity contribution in [3.05, 3.63) is 29.6 Å². The summed E-state index contributed by atoms with van der Waals surface area (Å²) in [6.45, 7) is 3.88. The predicted molar refractivity (Wildman–Crippen MR) is 63.5 cm³/mol. The van der Waals surface area contributed by atoms with Crippen molar-refractivity contribution in [1.82, 2.24) is 4.90 Å². The Kier molecular flexibility index (Phi) is 3.35. The molecule has 0 bridgehead atoms. The quantitative estimate of drug-likeness (QED) is 0.873. The SMILES string of the molecule is COc1ccc(F)cc1CN1CCC(C)(O)C1. The zero-order valence-electron chi connectivity index (χ0n) is 10.2. The number of nitrogens with zero attached hydrogens (tertiary/aromatic N) is 1. The molecule has 0 spiro atoms. The van der Waals surface area contributed by atoms with Gasteiger partial charge in [-0.05, 0) is 31.5 Å². The zero-order chi connectivity index (χ0) is 12.5. The maximum Gasteiger partial charge on any atom is 0.123 e. The second-order valence-electron chi connectivity index (χ2n) is 4.91. The lowest BCUT2D eigenvalue weighted by Gasteiger charge is -2.19. The summed E-state index contributed by atoms with van der Waals surface area (Å²) in [5.41, 5.74) is 0.200. The molecule has 1 N–H and O–H groups in total. The Hall–Kier alpha value is -1.13. The highest BCUT2D eigenvalue weighted by molar-refractivity contribution is 5.34. The van der Waals surface area contributed by atoms with E-state index in [0.717, 1.165) is 18.5 Å². The van der Waals surface area contributed by atoms with E-state index >= 15 is 0 Å². The molecule has 0 amide bonds. The fourth-order valence-corrected chi connectivity index (χ4v) is 2.29. The number of likely N-dealkylation sites (tertiary alicyclic amines) is 1. The average molecular weight is 239 g/mol. The fraction of sp³-hybridized carbons (Fsp3) is 0.538. The van der Waals surface area contributed by atoms with Crippen LogP contribution in [-0.4, -0.2) is 35.8 Å². The highest BCUT2D eigenvalue weighted by Gasteiger charge is 2.31. The van der Waals surface area contributed by atoms with Crippen LogP contribution in [-0.2, 0) is 6.54 Å². The van der Waals surface area contributed by atoms with Gasteiger partial charge in [0.1, 0.15) is 11.6 Å².